The summed E-state index contributed by atoms with van der Waals surface area (Å²) in [7, 11) is 0. The van der Waals surface area contributed by atoms with Crippen LogP contribution in [0.15, 0.2) is 41.0 Å². The number of nitrogens with zero attached hydrogens (tertiary/aromatic N) is 3. The molecule has 20 heavy (non-hydrogen) atoms. The van der Waals surface area contributed by atoms with Crippen molar-refractivity contribution in [2.45, 2.75) is 19.9 Å². The zero-order chi connectivity index (χ0) is 14.4. The fourth-order valence-electron chi connectivity index (χ4n) is 1.97. The first-order valence-corrected chi connectivity index (χ1v) is 7.45. The van der Waals surface area contributed by atoms with E-state index in [1.54, 1.807) is 0 Å². The molecular formula is C15H18BrN3O. The maximum atomic E-state index is 9.28. The van der Waals surface area contributed by atoms with Gasteiger partial charge in [0.1, 0.15) is 16.2 Å². The molecule has 5 heteroatoms. The Balaban J connectivity index is 2.26. The Kier molecular flexibility index (Phi) is 5.49. The molecule has 0 radical (unpaired) electrons. The van der Waals surface area contributed by atoms with Gasteiger partial charge >= 0.3 is 0 Å². The smallest absolute Gasteiger partial charge is 0.133 e. The van der Waals surface area contributed by atoms with Gasteiger partial charge in [0.2, 0.25) is 0 Å². The molecule has 0 atom stereocenters. The van der Waals surface area contributed by atoms with Gasteiger partial charge in [-0.3, -0.25) is 0 Å². The van der Waals surface area contributed by atoms with E-state index < -0.39 is 0 Å². The SMILES string of the molecule is CCc1nc(Br)cc(N(CCO)Cc2ccccc2)n1. The highest BCUT2D eigenvalue weighted by Gasteiger charge is 2.11. The van der Waals surface area contributed by atoms with Gasteiger partial charge in [-0.05, 0) is 21.5 Å². The first kappa shape index (κ1) is 14.9. The van der Waals surface area contributed by atoms with Crippen LogP contribution in [0, 0.1) is 0 Å². The average molecular weight is 336 g/mol. The van der Waals surface area contributed by atoms with Crippen LogP contribution in [0.3, 0.4) is 0 Å². The number of hydrogen-bond donors (Lipinski definition) is 1. The van der Waals surface area contributed by atoms with Gasteiger partial charge in [0.15, 0.2) is 0 Å². The van der Waals surface area contributed by atoms with Gasteiger partial charge in [0.05, 0.1) is 6.61 Å². The van der Waals surface area contributed by atoms with Crippen LogP contribution < -0.4 is 4.90 Å². The fraction of sp³-hybridized carbons (Fsp3) is 0.333. The quantitative estimate of drug-likeness (QED) is 0.824. The number of aliphatic hydroxyl groups is 1. The van der Waals surface area contributed by atoms with Crippen LogP contribution in [0.4, 0.5) is 5.82 Å². The number of aryl methyl sites for hydroxylation is 1. The zero-order valence-electron chi connectivity index (χ0n) is 11.5. The van der Waals surface area contributed by atoms with Crippen molar-refractivity contribution in [2.75, 3.05) is 18.1 Å². The zero-order valence-corrected chi connectivity index (χ0v) is 13.0. The van der Waals surface area contributed by atoms with E-state index in [0.717, 1.165) is 22.7 Å². The Morgan fingerprint density at radius 3 is 2.60 bits per heavy atom. The Labute approximate surface area is 127 Å². The summed E-state index contributed by atoms with van der Waals surface area (Å²) in [4.78, 5) is 10.9. The van der Waals surface area contributed by atoms with Crippen molar-refractivity contribution < 1.29 is 5.11 Å². The lowest BCUT2D eigenvalue weighted by Crippen LogP contribution is -2.27. The molecule has 1 aromatic heterocycles. The van der Waals surface area contributed by atoms with Crippen LogP contribution in [0.1, 0.15) is 18.3 Å². The minimum atomic E-state index is 0.0932. The van der Waals surface area contributed by atoms with Crippen LogP contribution in [0.2, 0.25) is 0 Å². The third-order valence-electron chi connectivity index (χ3n) is 2.95. The maximum absolute atomic E-state index is 9.28. The lowest BCUT2D eigenvalue weighted by atomic mass is 10.2. The lowest BCUT2D eigenvalue weighted by Gasteiger charge is -2.23. The fourth-order valence-corrected chi connectivity index (χ4v) is 2.38. The Hall–Kier alpha value is -1.46. The summed E-state index contributed by atoms with van der Waals surface area (Å²) < 4.78 is 0.773. The predicted molar refractivity (Wildman–Crippen MR) is 83.7 cm³/mol. The minimum absolute atomic E-state index is 0.0932. The number of anilines is 1. The van der Waals surface area contributed by atoms with Crippen molar-refractivity contribution in [3.63, 3.8) is 0 Å². The summed E-state index contributed by atoms with van der Waals surface area (Å²) in [6, 6.07) is 12.1. The molecule has 2 rings (SSSR count). The molecule has 0 aliphatic heterocycles. The van der Waals surface area contributed by atoms with E-state index in [1.807, 2.05) is 31.2 Å². The van der Waals surface area contributed by atoms with Gasteiger partial charge in [-0.25, -0.2) is 9.97 Å². The molecule has 1 N–H and O–H groups in total. The van der Waals surface area contributed by atoms with E-state index in [1.165, 1.54) is 5.56 Å². The molecule has 1 aromatic carbocycles. The van der Waals surface area contributed by atoms with E-state index in [0.29, 0.717) is 13.1 Å². The number of aliphatic hydroxyl groups excluding tert-OH is 1. The van der Waals surface area contributed by atoms with Crippen LogP contribution in [-0.2, 0) is 13.0 Å². The Morgan fingerprint density at radius 1 is 1.20 bits per heavy atom. The van der Waals surface area contributed by atoms with Crippen molar-refractivity contribution in [3.8, 4) is 0 Å². The number of aromatic nitrogens is 2. The second-order valence-corrected chi connectivity index (χ2v) is 5.26. The predicted octanol–water partition coefficient (Wildman–Crippen LogP) is 2.80. The molecule has 4 nitrogen and oxygen atoms in total. The number of rotatable bonds is 6. The third-order valence-corrected chi connectivity index (χ3v) is 3.36. The largest absolute Gasteiger partial charge is 0.395 e. The highest BCUT2D eigenvalue weighted by atomic mass is 79.9. The summed E-state index contributed by atoms with van der Waals surface area (Å²) in [5, 5.41) is 9.28. The molecule has 1 heterocycles. The molecule has 0 saturated carbocycles. The molecule has 0 aliphatic rings. The molecule has 2 aromatic rings. The van der Waals surface area contributed by atoms with Crippen LogP contribution in [0.25, 0.3) is 0 Å². The van der Waals surface area contributed by atoms with Gasteiger partial charge in [-0.2, -0.15) is 0 Å². The molecule has 0 fully saturated rings. The summed E-state index contributed by atoms with van der Waals surface area (Å²) in [5.74, 6) is 1.63. The molecule has 0 spiro atoms. The normalized spacial score (nSPS) is 10.6. The summed E-state index contributed by atoms with van der Waals surface area (Å²) in [6.07, 6.45) is 0.782. The molecule has 0 amide bonds. The maximum Gasteiger partial charge on any atom is 0.133 e. The second-order valence-electron chi connectivity index (χ2n) is 4.45. The summed E-state index contributed by atoms with van der Waals surface area (Å²) in [5.41, 5.74) is 1.19. The van der Waals surface area contributed by atoms with Crippen molar-refractivity contribution in [1.82, 2.24) is 9.97 Å². The highest BCUT2D eigenvalue weighted by molar-refractivity contribution is 9.10. The standard InChI is InChI=1S/C15H18BrN3O/c1-2-14-17-13(16)10-15(18-14)19(8-9-20)11-12-6-4-3-5-7-12/h3-7,10,20H,2,8-9,11H2,1H3. The molecule has 0 bridgehead atoms. The minimum Gasteiger partial charge on any atom is -0.395 e. The van der Waals surface area contributed by atoms with Crippen molar-refractivity contribution in [3.05, 3.63) is 52.4 Å². The van der Waals surface area contributed by atoms with Gasteiger partial charge in [-0.15, -0.1) is 0 Å². The number of halogens is 1. The van der Waals surface area contributed by atoms with E-state index in [4.69, 9.17) is 0 Å². The summed E-state index contributed by atoms with van der Waals surface area (Å²) >= 11 is 3.42. The van der Waals surface area contributed by atoms with Crippen LogP contribution in [-0.4, -0.2) is 28.2 Å². The first-order valence-electron chi connectivity index (χ1n) is 6.66. The van der Waals surface area contributed by atoms with Gasteiger partial charge < -0.3 is 10.0 Å². The Morgan fingerprint density at radius 2 is 1.95 bits per heavy atom. The van der Waals surface area contributed by atoms with Crippen molar-refractivity contribution in [2.24, 2.45) is 0 Å². The molecule has 0 aliphatic carbocycles. The molecule has 0 saturated heterocycles. The average Bonchev–Trinajstić information content (AvgIpc) is 2.47. The van der Waals surface area contributed by atoms with Gasteiger partial charge in [-0.1, -0.05) is 37.3 Å². The number of benzene rings is 1. The van der Waals surface area contributed by atoms with Crippen LogP contribution >= 0.6 is 15.9 Å². The van der Waals surface area contributed by atoms with E-state index in [2.05, 4.69) is 42.9 Å². The monoisotopic (exact) mass is 335 g/mol. The van der Waals surface area contributed by atoms with Crippen molar-refractivity contribution in [1.29, 1.82) is 0 Å². The van der Waals surface area contributed by atoms with E-state index in [9.17, 15) is 5.11 Å². The lowest BCUT2D eigenvalue weighted by molar-refractivity contribution is 0.301. The van der Waals surface area contributed by atoms with Gasteiger partial charge in [0.25, 0.3) is 0 Å². The Bertz CT molecular complexity index is 548. The molecule has 106 valence electrons. The topological polar surface area (TPSA) is 49.2 Å². The number of hydrogen-bond acceptors (Lipinski definition) is 4. The molecule has 0 unspecified atom stereocenters. The first-order chi connectivity index (χ1) is 9.72. The highest BCUT2D eigenvalue weighted by Crippen LogP contribution is 2.19. The second kappa shape index (κ2) is 7.36. The van der Waals surface area contributed by atoms with E-state index >= 15 is 0 Å². The van der Waals surface area contributed by atoms with Crippen molar-refractivity contribution >= 4 is 21.7 Å². The molecular weight excluding hydrogens is 318 g/mol. The third kappa shape index (κ3) is 4.02. The van der Waals surface area contributed by atoms with Gasteiger partial charge in [0, 0.05) is 25.6 Å². The van der Waals surface area contributed by atoms with Crippen LogP contribution in [0.5, 0.6) is 0 Å². The summed E-state index contributed by atoms with van der Waals surface area (Å²) in [6.45, 7) is 3.38. The van der Waals surface area contributed by atoms with E-state index in [-0.39, 0.29) is 6.61 Å².